The van der Waals surface area contributed by atoms with Crippen LogP contribution in [0.5, 0.6) is 0 Å². The van der Waals surface area contributed by atoms with Crippen LogP contribution in [0.4, 0.5) is 0 Å². The van der Waals surface area contributed by atoms with Crippen molar-refractivity contribution in [1.29, 1.82) is 0 Å². The second kappa shape index (κ2) is 5.88. The highest BCUT2D eigenvalue weighted by molar-refractivity contribution is 5.29. The van der Waals surface area contributed by atoms with Gasteiger partial charge in [0.2, 0.25) is 0 Å². The molecule has 1 aliphatic rings. The molecule has 0 aliphatic heterocycles. The van der Waals surface area contributed by atoms with Gasteiger partial charge >= 0.3 is 0 Å². The Labute approximate surface area is 112 Å². The first-order valence-corrected chi connectivity index (χ1v) is 7.35. The zero-order valence-electron chi connectivity index (χ0n) is 12.3. The third-order valence-electron chi connectivity index (χ3n) is 4.76. The molecule has 1 nitrogen and oxygen atoms in total. The van der Waals surface area contributed by atoms with Gasteiger partial charge in [-0.3, -0.25) is 0 Å². The third kappa shape index (κ3) is 3.35. The quantitative estimate of drug-likeness (QED) is 0.841. The van der Waals surface area contributed by atoms with Crippen LogP contribution in [0.1, 0.15) is 49.8 Å². The Kier molecular flexibility index (Phi) is 4.45. The molecule has 1 aliphatic carbocycles. The van der Waals surface area contributed by atoms with Crippen molar-refractivity contribution >= 4 is 0 Å². The topological polar surface area (TPSA) is 12.0 Å². The molecular formula is C17H27N. The maximum Gasteiger partial charge on any atom is 0.0208 e. The molecule has 0 aromatic heterocycles. The van der Waals surface area contributed by atoms with E-state index in [0.29, 0.717) is 0 Å². The number of hydrogen-bond acceptors (Lipinski definition) is 1. The van der Waals surface area contributed by atoms with E-state index < -0.39 is 0 Å². The van der Waals surface area contributed by atoms with Gasteiger partial charge in [0.25, 0.3) is 0 Å². The highest BCUT2D eigenvalue weighted by Crippen LogP contribution is 2.29. The Hall–Kier alpha value is -0.820. The number of rotatable bonds is 3. The van der Waals surface area contributed by atoms with E-state index in [1.807, 2.05) is 0 Å². The number of nitrogens with one attached hydrogen (secondary N) is 1. The zero-order chi connectivity index (χ0) is 13.1. The lowest BCUT2D eigenvalue weighted by atomic mass is 9.79. The fourth-order valence-electron chi connectivity index (χ4n) is 2.91. The second-order valence-electron chi connectivity index (χ2n) is 6.26. The summed E-state index contributed by atoms with van der Waals surface area (Å²) in [5, 5.41) is 3.74. The zero-order valence-corrected chi connectivity index (χ0v) is 12.3. The summed E-state index contributed by atoms with van der Waals surface area (Å²) in [7, 11) is 0. The molecule has 3 unspecified atom stereocenters. The van der Waals surface area contributed by atoms with E-state index >= 15 is 0 Å². The Morgan fingerprint density at radius 3 is 2.50 bits per heavy atom. The third-order valence-corrected chi connectivity index (χ3v) is 4.76. The summed E-state index contributed by atoms with van der Waals surface area (Å²) in [5.74, 6) is 1.78. The van der Waals surface area contributed by atoms with Gasteiger partial charge < -0.3 is 5.32 Å². The van der Waals surface area contributed by atoms with Crippen LogP contribution >= 0.6 is 0 Å². The van der Waals surface area contributed by atoms with Gasteiger partial charge in [-0.1, -0.05) is 32.0 Å². The summed E-state index contributed by atoms with van der Waals surface area (Å²) in [5.41, 5.74) is 4.21. The molecule has 1 N–H and O–H groups in total. The Morgan fingerprint density at radius 1 is 1.06 bits per heavy atom. The van der Waals surface area contributed by atoms with Crippen LogP contribution in [0.15, 0.2) is 18.2 Å². The molecule has 0 spiro atoms. The van der Waals surface area contributed by atoms with Crippen molar-refractivity contribution in [2.75, 3.05) is 0 Å². The Balaban J connectivity index is 1.86. The van der Waals surface area contributed by atoms with Crippen LogP contribution in [0.25, 0.3) is 0 Å². The highest BCUT2D eigenvalue weighted by atomic mass is 14.9. The fraction of sp³-hybridized carbons (Fsp3) is 0.647. The fourth-order valence-corrected chi connectivity index (χ4v) is 2.91. The minimum Gasteiger partial charge on any atom is -0.310 e. The first-order valence-electron chi connectivity index (χ1n) is 7.35. The monoisotopic (exact) mass is 245 g/mol. The molecule has 2 rings (SSSR count). The summed E-state index contributed by atoms with van der Waals surface area (Å²) in [6.07, 6.45) is 4.06. The predicted octanol–water partition coefficient (Wildman–Crippen LogP) is 4.22. The van der Waals surface area contributed by atoms with Crippen LogP contribution in [0, 0.1) is 25.7 Å². The van der Waals surface area contributed by atoms with Gasteiger partial charge in [0.15, 0.2) is 0 Å². The second-order valence-corrected chi connectivity index (χ2v) is 6.26. The van der Waals surface area contributed by atoms with E-state index in [9.17, 15) is 0 Å². The molecule has 0 heterocycles. The highest BCUT2D eigenvalue weighted by Gasteiger charge is 2.23. The first-order chi connectivity index (χ1) is 8.56. The molecule has 1 aromatic rings. The molecule has 1 heteroatoms. The lowest BCUT2D eigenvalue weighted by Crippen LogP contribution is -2.35. The van der Waals surface area contributed by atoms with Gasteiger partial charge in [0.1, 0.15) is 0 Å². The Morgan fingerprint density at radius 2 is 1.83 bits per heavy atom. The standard InChI is InChI=1S/C17H27N/c1-12-5-7-16(9-14(12)3)11-18-17-8-6-13(2)15(4)10-17/h5,7,9,13,15,17-18H,6,8,10-11H2,1-4H3. The van der Waals surface area contributed by atoms with E-state index in [2.05, 4.69) is 51.2 Å². The summed E-state index contributed by atoms with van der Waals surface area (Å²) >= 11 is 0. The average Bonchev–Trinajstić information content (AvgIpc) is 2.35. The molecule has 1 aromatic carbocycles. The van der Waals surface area contributed by atoms with Gasteiger partial charge in [-0.05, 0) is 61.6 Å². The molecule has 0 radical (unpaired) electrons. The molecule has 0 saturated heterocycles. The number of aryl methyl sites for hydroxylation is 2. The van der Waals surface area contributed by atoms with Crippen LogP contribution in [-0.4, -0.2) is 6.04 Å². The summed E-state index contributed by atoms with van der Waals surface area (Å²) in [6.45, 7) is 10.2. The predicted molar refractivity (Wildman–Crippen MR) is 78.7 cm³/mol. The van der Waals surface area contributed by atoms with Crippen molar-refractivity contribution in [2.45, 2.75) is 59.5 Å². The SMILES string of the molecule is Cc1ccc(CNC2CCC(C)C(C)C2)cc1C. The number of benzene rings is 1. The molecule has 1 fully saturated rings. The van der Waals surface area contributed by atoms with Gasteiger partial charge in [-0.15, -0.1) is 0 Å². The normalized spacial score (nSPS) is 28.3. The number of hydrogen-bond donors (Lipinski definition) is 1. The van der Waals surface area contributed by atoms with Crippen molar-refractivity contribution < 1.29 is 0 Å². The summed E-state index contributed by atoms with van der Waals surface area (Å²) in [4.78, 5) is 0. The maximum absolute atomic E-state index is 3.74. The van der Waals surface area contributed by atoms with Crippen molar-refractivity contribution in [2.24, 2.45) is 11.8 Å². The molecule has 18 heavy (non-hydrogen) atoms. The van der Waals surface area contributed by atoms with Crippen LogP contribution in [-0.2, 0) is 6.54 Å². The van der Waals surface area contributed by atoms with Crippen LogP contribution in [0.3, 0.4) is 0 Å². The van der Waals surface area contributed by atoms with E-state index in [0.717, 1.165) is 24.4 Å². The minimum atomic E-state index is 0.720. The molecule has 0 bridgehead atoms. The minimum absolute atomic E-state index is 0.720. The summed E-state index contributed by atoms with van der Waals surface area (Å²) in [6, 6.07) is 7.53. The van der Waals surface area contributed by atoms with E-state index in [4.69, 9.17) is 0 Å². The van der Waals surface area contributed by atoms with E-state index in [1.54, 1.807) is 0 Å². The van der Waals surface area contributed by atoms with Gasteiger partial charge in [0.05, 0.1) is 0 Å². The lowest BCUT2D eigenvalue weighted by Gasteiger charge is -2.32. The van der Waals surface area contributed by atoms with Gasteiger partial charge in [0, 0.05) is 12.6 Å². The molecule has 1 saturated carbocycles. The van der Waals surface area contributed by atoms with Crippen LogP contribution in [0.2, 0.25) is 0 Å². The van der Waals surface area contributed by atoms with Crippen molar-refractivity contribution in [3.8, 4) is 0 Å². The van der Waals surface area contributed by atoms with Gasteiger partial charge in [-0.25, -0.2) is 0 Å². The van der Waals surface area contributed by atoms with E-state index in [1.165, 1.54) is 36.0 Å². The van der Waals surface area contributed by atoms with Crippen molar-refractivity contribution in [3.63, 3.8) is 0 Å². The lowest BCUT2D eigenvalue weighted by molar-refractivity contribution is 0.225. The average molecular weight is 245 g/mol. The maximum atomic E-state index is 3.74. The molecular weight excluding hydrogens is 218 g/mol. The molecule has 3 atom stereocenters. The smallest absolute Gasteiger partial charge is 0.0208 e. The summed E-state index contributed by atoms with van der Waals surface area (Å²) < 4.78 is 0. The van der Waals surface area contributed by atoms with Gasteiger partial charge in [-0.2, -0.15) is 0 Å². The van der Waals surface area contributed by atoms with Crippen molar-refractivity contribution in [1.82, 2.24) is 5.32 Å². The molecule has 0 amide bonds. The van der Waals surface area contributed by atoms with E-state index in [-0.39, 0.29) is 0 Å². The van der Waals surface area contributed by atoms with Crippen LogP contribution < -0.4 is 5.32 Å². The largest absolute Gasteiger partial charge is 0.310 e. The van der Waals surface area contributed by atoms with Crippen molar-refractivity contribution in [3.05, 3.63) is 34.9 Å². The molecule has 100 valence electrons. The Bertz CT molecular complexity index is 397. The first kappa shape index (κ1) is 13.6.